The van der Waals surface area contributed by atoms with Gasteiger partial charge in [0.15, 0.2) is 11.6 Å². The van der Waals surface area contributed by atoms with Gasteiger partial charge in [-0.1, -0.05) is 0 Å². The van der Waals surface area contributed by atoms with Gasteiger partial charge in [-0.05, 0) is 48.4 Å². The highest BCUT2D eigenvalue weighted by molar-refractivity contribution is 7.10. The van der Waals surface area contributed by atoms with Gasteiger partial charge in [-0.25, -0.2) is 4.39 Å². The average Bonchev–Trinajstić information content (AvgIpc) is 2.91. The molecule has 3 nitrogen and oxygen atoms in total. The predicted molar refractivity (Wildman–Crippen MR) is 76.7 cm³/mol. The minimum atomic E-state index is -0.734. The van der Waals surface area contributed by atoms with E-state index < -0.39 is 11.6 Å². The molecule has 1 aliphatic carbocycles. The van der Waals surface area contributed by atoms with Gasteiger partial charge < -0.3 is 10.4 Å². The van der Waals surface area contributed by atoms with E-state index in [0.717, 1.165) is 30.9 Å². The first-order valence-corrected chi connectivity index (χ1v) is 7.39. The van der Waals surface area contributed by atoms with E-state index in [9.17, 15) is 9.18 Å². The number of carbonyl (C=O) groups is 1. The second-order valence-corrected chi connectivity index (χ2v) is 5.90. The van der Waals surface area contributed by atoms with Crippen LogP contribution in [0, 0.1) is 5.82 Å². The highest BCUT2D eigenvalue weighted by atomic mass is 32.1. The van der Waals surface area contributed by atoms with E-state index in [-0.39, 0.29) is 11.8 Å². The predicted octanol–water partition coefficient (Wildman–Crippen LogP) is 3.65. The van der Waals surface area contributed by atoms with Crippen LogP contribution in [-0.4, -0.2) is 11.0 Å². The van der Waals surface area contributed by atoms with E-state index >= 15 is 0 Å². The van der Waals surface area contributed by atoms with Crippen LogP contribution in [0.15, 0.2) is 29.6 Å². The summed E-state index contributed by atoms with van der Waals surface area (Å²) in [6, 6.07) is 5.86. The monoisotopic (exact) mass is 291 g/mol. The van der Waals surface area contributed by atoms with Gasteiger partial charge in [-0.2, -0.15) is 0 Å². The Balaban J connectivity index is 1.79. The molecule has 2 aromatic rings. The van der Waals surface area contributed by atoms with E-state index in [1.807, 2.05) is 11.4 Å². The minimum Gasteiger partial charge on any atom is -0.505 e. The summed E-state index contributed by atoms with van der Waals surface area (Å²) in [5.41, 5.74) is 1.46. The summed E-state index contributed by atoms with van der Waals surface area (Å²) in [5, 5.41) is 13.9. The third kappa shape index (κ3) is 2.41. The van der Waals surface area contributed by atoms with Crippen molar-refractivity contribution in [3.8, 4) is 5.75 Å². The van der Waals surface area contributed by atoms with Crippen LogP contribution in [-0.2, 0) is 11.2 Å². The standard InChI is InChI=1S/C15H14FNO2S/c16-12-8-9(4-5-13(12)18)17-15(19)11-2-1-3-14-10(11)6-7-20-14/h4-8,11,18H,1-3H2,(H,17,19). The van der Waals surface area contributed by atoms with Crippen molar-refractivity contribution >= 4 is 22.9 Å². The molecule has 0 spiro atoms. The van der Waals surface area contributed by atoms with Gasteiger partial charge in [0.05, 0.1) is 5.92 Å². The molecule has 20 heavy (non-hydrogen) atoms. The number of thiophene rings is 1. The maximum absolute atomic E-state index is 13.3. The van der Waals surface area contributed by atoms with Gasteiger partial charge in [-0.3, -0.25) is 4.79 Å². The fraction of sp³-hybridized carbons (Fsp3) is 0.267. The molecule has 0 radical (unpaired) electrons. The van der Waals surface area contributed by atoms with Gasteiger partial charge >= 0.3 is 0 Å². The Labute approximate surface area is 120 Å². The first kappa shape index (κ1) is 13.1. The highest BCUT2D eigenvalue weighted by Crippen LogP contribution is 2.35. The third-order valence-electron chi connectivity index (χ3n) is 3.58. The SMILES string of the molecule is O=C(Nc1ccc(O)c(F)c1)C1CCCc2sccc21. The molecule has 1 unspecified atom stereocenters. The molecule has 1 atom stereocenters. The number of hydrogen-bond acceptors (Lipinski definition) is 3. The van der Waals surface area contributed by atoms with Gasteiger partial charge in [0.1, 0.15) is 0 Å². The van der Waals surface area contributed by atoms with Crippen LogP contribution in [0.4, 0.5) is 10.1 Å². The molecule has 1 heterocycles. The summed E-state index contributed by atoms with van der Waals surface area (Å²) in [7, 11) is 0. The lowest BCUT2D eigenvalue weighted by Crippen LogP contribution is -2.23. The van der Waals surface area contributed by atoms with Gasteiger partial charge in [0.25, 0.3) is 0 Å². The van der Waals surface area contributed by atoms with Crippen LogP contribution < -0.4 is 5.32 Å². The van der Waals surface area contributed by atoms with E-state index in [2.05, 4.69) is 5.32 Å². The topological polar surface area (TPSA) is 49.3 Å². The number of fused-ring (bicyclic) bond motifs is 1. The van der Waals surface area contributed by atoms with Crippen molar-refractivity contribution in [2.24, 2.45) is 0 Å². The van der Waals surface area contributed by atoms with Gasteiger partial charge in [0, 0.05) is 16.6 Å². The fourth-order valence-corrected chi connectivity index (χ4v) is 3.56. The molecular formula is C15H14FNO2S. The van der Waals surface area contributed by atoms with Gasteiger partial charge in [0.2, 0.25) is 5.91 Å². The van der Waals surface area contributed by atoms with E-state index in [1.165, 1.54) is 17.0 Å². The quantitative estimate of drug-likeness (QED) is 0.830. The summed E-state index contributed by atoms with van der Waals surface area (Å²) < 4.78 is 13.3. The minimum absolute atomic E-state index is 0.116. The summed E-state index contributed by atoms with van der Waals surface area (Å²) in [4.78, 5) is 13.6. The van der Waals surface area contributed by atoms with Crippen LogP contribution in [0.3, 0.4) is 0 Å². The van der Waals surface area contributed by atoms with Crippen LogP contribution in [0.5, 0.6) is 5.75 Å². The number of amides is 1. The van der Waals surface area contributed by atoms with Crippen molar-refractivity contribution in [1.82, 2.24) is 0 Å². The molecule has 5 heteroatoms. The Kier molecular flexibility index (Phi) is 3.44. The van der Waals surface area contributed by atoms with Crippen LogP contribution in [0.25, 0.3) is 0 Å². The second-order valence-electron chi connectivity index (χ2n) is 4.90. The molecule has 0 fully saturated rings. The molecule has 0 bridgehead atoms. The Morgan fingerprint density at radius 3 is 3.05 bits per heavy atom. The summed E-state index contributed by atoms with van der Waals surface area (Å²) in [6.45, 7) is 0. The first-order valence-electron chi connectivity index (χ1n) is 6.51. The number of hydrogen-bond donors (Lipinski definition) is 2. The summed E-state index contributed by atoms with van der Waals surface area (Å²) in [5.74, 6) is -1.43. The van der Waals surface area contributed by atoms with Crippen LogP contribution >= 0.6 is 11.3 Å². The average molecular weight is 291 g/mol. The third-order valence-corrected chi connectivity index (χ3v) is 4.58. The molecular weight excluding hydrogens is 277 g/mol. The zero-order chi connectivity index (χ0) is 14.1. The largest absolute Gasteiger partial charge is 0.505 e. The zero-order valence-corrected chi connectivity index (χ0v) is 11.5. The van der Waals surface area contributed by atoms with E-state index in [4.69, 9.17) is 5.11 Å². The summed E-state index contributed by atoms with van der Waals surface area (Å²) >= 11 is 1.68. The number of aryl methyl sites for hydroxylation is 1. The smallest absolute Gasteiger partial charge is 0.231 e. The molecule has 1 aromatic heterocycles. The Hall–Kier alpha value is -1.88. The van der Waals surface area contributed by atoms with E-state index in [0.29, 0.717) is 5.69 Å². The van der Waals surface area contributed by atoms with Crippen molar-refractivity contribution in [2.45, 2.75) is 25.2 Å². The van der Waals surface area contributed by atoms with Crippen molar-refractivity contribution in [3.05, 3.63) is 45.9 Å². The molecule has 3 rings (SSSR count). The number of phenolic OH excluding ortho intramolecular Hbond substituents is 1. The van der Waals surface area contributed by atoms with Crippen LogP contribution in [0.1, 0.15) is 29.2 Å². The Morgan fingerprint density at radius 2 is 2.25 bits per heavy atom. The maximum Gasteiger partial charge on any atom is 0.231 e. The second kappa shape index (κ2) is 5.25. The number of aromatic hydroxyl groups is 1. The summed E-state index contributed by atoms with van der Waals surface area (Å²) in [6.07, 6.45) is 2.84. The molecule has 104 valence electrons. The first-order chi connectivity index (χ1) is 9.65. The lowest BCUT2D eigenvalue weighted by Gasteiger charge is -2.21. The van der Waals surface area contributed by atoms with Crippen molar-refractivity contribution in [1.29, 1.82) is 0 Å². The molecule has 0 saturated carbocycles. The molecule has 1 aliphatic rings. The number of carbonyl (C=O) groups excluding carboxylic acids is 1. The van der Waals surface area contributed by atoms with E-state index in [1.54, 1.807) is 11.3 Å². The van der Waals surface area contributed by atoms with Gasteiger partial charge in [-0.15, -0.1) is 11.3 Å². The number of rotatable bonds is 2. The Morgan fingerprint density at radius 1 is 1.40 bits per heavy atom. The van der Waals surface area contributed by atoms with Crippen molar-refractivity contribution in [2.75, 3.05) is 5.32 Å². The van der Waals surface area contributed by atoms with Crippen LogP contribution in [0.2, 0.25) is 0 Å². The number of nitrogens with one attached hydrogen (secondary N) is 1. The fourth-order valence-electron chi connectivity index (χ4n) is 2.57. The Bertz CT molecular complexity index is 653. The molecule has 1 aromatic carbocycles. The zero-order valence-electron chi connectivity index (χ0n) is 10.7. The van der Waals surface area contributed by atoms with Crippen molar-refractivity contribution in [3.63, 3.8) is 0 Å². The number of benzene rings is 1. The molecule has 1 amide bonds. The lowest BCUT2D eigenvalue weighted by atomic mass is 9.87. The van der Waals surface area contributed by atoms with Crippen molar-refractivity contribution < 1.29 is 14.3 Å². The highest BCUT2D eigenvalue weighted by Gasteiger charge is 2.27. The molecule has 0 aliphatic heterocycles. The number of anilines is 1. The lowest BCUT2D eigenvalue weighted by molar-refractivity contribution is -0.117. The molecule has 0 saturated heterocycles. The number of halogens is 1. The normalized spacial score (nSPS) is 17.6. The maximum atomic E-state index is 13.3. The number of phenols is 1. The molecule has 2 N–H and O–H groups in total.